The van der Waals surface area contributed by atoms with E-state index in [4.69, 9.17) is 4.74 Å². The molecule has 2 amide bonds. The number of hydrogen-bond acceptors (Lipinski definition) is 5. The summed E-state index contributed by atoms with van der Waals surface area (Å²) in [5.74, 6) is 0.0323. The van der Waals surface area contributed by atoms with Crippen molar-refractivity contribution in [1.29, 1.82) is 0 Å². The Balaban J connectivity index is 2.18. The fourth-order valence-corrected chi connectivity index (χ4v) is 4.69. The molecule has 2 aromatic carbocycles. The van der Waals surface area contributed by atoms with E-state index in [1.54, 1.807) is 36.1 Å². The van der Waals surface area contributed by atoms with Crippen LogP contribution >= 0.6 is 0 Å². The second kappa shape index (κ2) is 13.1. The number of anilines is 1. The Kier molecular flexibility index (Phi) is 10.6. The number of aryl methyl sites for hydroxylation is 1. The first-order chi connectivity index (χ1) is 16.6. The van der Waals surface area contributed by atoms with Crippen molar-refractivity contribution in [3.05, 3.63) is 59.7 Å². The van der Waals surface area contributed by atoms with Gasteiger partial charge < -0.3 is 15.0 Å². The number of sulfonamides is 1. The minimum atomic E-state index is -3.60. The van der Waals surface area contributed by atoms with Crippen molar-refractivity contribution in [1.82, 2.24) is 10.2 Å². The normalized spacial score (nSPS) is 12.0. The molecule has 2 rings (SSSR count). The first-order valence-electron chi connectivity index (χ1n) is 11.9. The number of rotatable bonds is 13. The average molecular weight is 504 g/mol. The zero-order valence-electron chi connectivity index (χ0n) is 21.3. The molecule has 0 aromatic heterocycles. The third kappa shape index (κ3) is 8.28. The minimum absolute atomic E-state index is 0.0957. The summed E-state index contributed by atoms with van der Waals surface area (Å²) in [5, 5.41) is 2.78. The lowest BCUT2D eigenvalue weighted by molar-refractivity contribution is -0.140. The molecule has 0 aliphatic carbocycles. The highest BCUT2D eigenvalue weighted by molar-refractivity contribution is 7.92. The highest BCUT2D eigenvalue weighted by Gasteiger charge is 2.27. The molecule has 8 nitrogen and oxygen atoms in total. The zero-order chi connectivity index (χ0) is 26.0. The van der Waals surface area contributed by atoms with Gasteiger partial charge in [-0.3, -0.25) is 13.9 Å². The number of benzene rings is 2. The van der Waals surface area contributed by atoms with Crippen molar-refractivity contribution in [3.8, 4) is 5.75 Å². The predicted octanol–water partition coefficient (Wildman–Crippen LogP) is 3.49. The van der Waals surface area contributed by atoms with Crippen molar-refractivity contribution in [2.75, 3.05) is 30.3 Å². The molecule has 0 saturated heterocycles. The van der Waals surface area contributed by atoms with Crippen molar-refractivity contribution >= 4 is 27.5 Å². The number of amides is 2. The molecule has 2 aromatic rings. The molecule has 0 saturated carbocycles. The molecule has 1 N–H and O–H groups in total. The zero-order valence-corrected chi connectivity index (χ0v) is 22.1. The minimum Gasteiger partial charge on any atom is -0.492 e. The summed E-state index contributed by atoms with van der Waals surface area (Å²) in [5.41, 5.74) is 2.47. The molecule has 0 aliphatic rings. The number of hydrogen-bond donors (Lipinski definition) is 1. The maximum atomic E-state index is 13.3. The van der Waals surface area contributed by atoms with Crippen LogP contribution in [0.5, 0.6) is 5.75 Å². The summed E-state index contributed by atoms with van der Waals surface area (Å²) in [6, 6.07) is 14.1. The summed E-state index contributed by atoms with van der Waals surface area (Å²) < 4.78 is 32.0. The molecule has 0 radical (unpaired) electrons. The molecule has 9 heteroatoms. The maximum Gasteiger partial charge on any atom is 0.242 e. The third-order valence-corrected chi connectivity index (χ3v) is 6.76. The number of ether oxygens (including phenoxy) is 1. The number of likely N-dealkylation sites (N-methyl/N-ethyl adjacent to an activating group) is 1. The molecule has 0 heterocycles. The van der Waals surface area contributed by atoms with Crippen LogP contribution < -0.4 is 14.4 Å². The first kappa shape index (κ1) is 28.2. The van der Waals surface area contributed by atoms with E-state index in [-0.39, 0.29) is 24.8 Å². The summed E-state index contributed by atoms with van der Waals surface area (Å²) in [4.78, 5) is 27.3. The van der Waals surface area contributed by atoms with Gasteiger partial charge in [0, 0.05) is 26.1 Å². The van der Waals surface area contributed by atoms with E-state index >= 15 is 0 Å². The van der Waals surface area contributed by atoms with Crippen molar-refractivity contribution in [2.24, 2.45) is 0 Å². The largest absolute Gasteiger partial charge is 0.492 e. The van der Waals surface area contributed by atoms with Crippen LogP contribution in [0.3, 0.4) is 0 Å². The molecular weight excluding hydrogens is 466 g/mol. The number of carbonyl (C=O) groups is 2. The lowest BCUT2D eigenvalue weighted by Gasteiger charge is -2.29. The van der Waals surface area contributed by atoms with E-state index in [1.165, 1.54) is 4.31 Å². The van der Waals surface area contributed by atoms with Gasteiger partial charge in [0.1, 0.15) is 11.8 Å². The number of para-hydroxylation sites is 2. The predicted molar refractivity (Wildman–Crippen MR) is 139 cm³/mol. The van der Waals surface area contributed by atoms with Crippen molar-refractivity contribution < 1.29 is 22.7 Å². The van der Waals surface area contributed by atoms with E-state index < -0.39 is 16.1 Å². The molecular formula is C26H37N3O5S. The monoisotopic (exact) mass is 503 g/mol. The van der Waals surface area contributed by atoms with Gasteiger partial charge in [0.25, 0.3) is 0 Å². The molecule has 192 valence electrons. The van der Waals surface area contributed by atoms with Crippen LogP contribution in [0.2, 0.25) is 0 Å². The van der Waals surface area contributed by atoms with Gasteiger partial charge in [-0.2, -0.15) is 0 Å². The van der Waals surface area contributed by atoms with Crippen LogP contribution in [-0.2, 0) is 26.2 Å². The fourth-order valence-electron chi connectivity index (χ4n) is 3.72. The smallest absolute Gasteiger partial charge is 0.242 e. The molecule has 0 aliphatic heterocycles. The molecule has 0 fully saturated rings. The number of nitrogens with one attached hydrogen (secondary N) is 1. The Morgan fingerprint density at radius 3 is 2.31 bits per heavy atom. The van der Waals surface area contributed by atoms with Gasteiger partial charge >= 0.3 is 0 Å². The molecule has 1 atom stereocenters. The highest BCUT2D eigenvalue weighted by atomic mass is 32.2. The Morgan fingerprint density at radius 1 is 1.06 bits per heavy atom. The van der Waals surface area contributed by atoms with Crippen LogP contribution in [0.25, 0.3) is 0 Å². The standard InChI is InChI=1S/C26H37N3O5S/c1-6-27-26(31)21(4)28(19-22-16-14-20(3)15-17-22)25(30)13-10-18-29(35(5,32)33)23-11-8-9-12-24(23)34-7-2/h8-9,11-12,14-17,21H,6-7,10,13,18-19H2,1-5H3,(H,27,31). The number of carbonyl (C=O) groups excluding carboxylic acids is 2. The molecule has 1 unspecified atom stereocenters. The van der Waals surface area contributed by atoms with E-state index in [0.29, 0.717) is 37.6 Å². The van der Waals surface area contributed by atoms with Gasteiger partial charge in [0.05, 0.1) is 18.6 Å². The Morgan fingerprint density at radius 2 is 1.71 bits per heavy atom. The fraction of sp³-hybridized carbons (Fsp3) is 0.462. The van der Waals surface area contributed by atoms with Gasteiger partial charge in [-0.1, -0.05) is 42.0 Å². The Bertz CT molecular complexity index is 1090. The van der Waals surface area contributed by atoms with E-state index in [1.807, 2.05) is 45.0 Å². The van der Waals surface area contributed by atoms with Crippen LogP contribution in [-0.4, -0.2) is 57.1 Å². The van der Waals surface area contributed by atoms with E-state index in [2.05, 4.69) is 5.32 Å². The van der Waals surface area contributed by atoms with Gasteiger partial charge in [-0.15, -0.1) is 0 Å². The summed E-state index contributed by atoms with van der Waals surface area (Å²) >= 11 is 0. The second-order valence-corrected chi connectivity index (χ2v) is 10.3. The third-order valence-electron chi connectivity index (χ3n) is 5.58. The maximum absolute atomic E-state index is 13.3. The van der Waals surface area contributed by atoms with Gasteiger partial charge in [0.15, 0.2) is 0 Å². The first-order valence-corrected chi connectivity index (χ1v) is 13.8. The lowest BCUT2D eigenvalue weighted by Crippen LogP contribution is -2.47. The second-order valence-electron chi connectivity index (χ2n) is 8.42. The Hall–Kier alpha value is -3.07. The quantitative estimate of drug-likeness (QED) is 0.451. The van der Waals surface area contributed by atoms with Crippen molar-refractivity contribution in [3.63, 3.8) is 0 Å². The van der Waals surface area contributed by atoms with E-state index in [9.17, 15) is 18.0 Å². The van der Waals surface area contributed by atoms with Crippen LogP contribution in [0.4, 0.5) is 5.69 Å². The molecule has 0 bridgehead atoms. The molecule has 35 heavy (non-hydrogen) atoms. The average Bonchev–Trinajstić information content (AvgIpc) is 2.81. The van der Waals surface area contributed by atoms with E-state index in [0.717, 1.165) is 17.4 Å². The van der Waals surface area contributed by atoms with Gasteiger partial charge in [0.2, 0.25) is 21.8 Å². The highest BCUT2D eigenvalue weighted by Crippen LogP contribution is 2.30. The van der Waals surface area contributed by atoms with Crippen LogP contribution in [0, 0.1) is 6.92 Å². The van der Waals surface area contributed by atoms with Gasteiger partial charge in [-0.05, 0) is 51.8 Å². The summed E-state index contributed by atoms with van der Waals surface area (Å²) in [6.07, 6.45) is 1.52. The lowest BCUT2D eigenvalue weighted by atomic mass is 10.1. The molecule has 0 spiro atoms. The van der Waals surface area contributed by atoms with Crippen molar-refractivity contribution in [2.45, 2.75) is 53.1 Å². The van der Waals surface area contributed by atoms with Crippen LogP contribution in [0.15, 0.2) is 48.5 Å². The number of nitrogens with zero attached hydrogens (tertiary/aromatic N) is 2. The van der Waals surface area contributed by atoms with Gasteiger partial charge in [-0.25, -0.2) is 8.42 Å². The topological polar surface area (TPSA) is 96.0 Å². The Labute approximate surface area is 209 Å². The summed E-state index contributed by atoms with van der Waals surface area (Å²) in [6.45, 7) is 8.63. The summed E-state index contributed by atoms with van der Waals surface area (Å²) in [7, 11) is -3.60. The van der Waals surface area contributed by atoms with Crippen LogP contribution in [0.1, 0.15) is 44.7 Å². The SMILES string of the molecule is CCNC(=O)C(C)N(Cc1ccc(C)cc1)C(=O)CCCN(c1ccccc1OCC)S(C)(=O)=O.